The first kappa shape index (κ1) is 22.8. The van der Waals surface area contributed by atoms with Crippen molar-refractivity contribution in [1.29, 1.82) is 0 Å². The lowest BCUT2D eigenvalue weighted by Crippen LogP contribution is -2.38. The topological polar surface area (TPSA) is 87.2 Å². The Bertz CT molecular complexity index is 1200. The second-order valence-electron chi connectivity index (χ2n) is 8.37. The number of amides is 2. The van der Waals surface area contributed by atoms with Crippen molar-refractivity contribution < 1.29 is 9.59 Å². The molecule has 34 heavy (non-hydrogen) atoms. The number of carbonyl (C=O) groups is 2. The number of anilines is 1. The Morgan fingerprint density at radius 2 is 2.03 bits per heavy atom. The minimum absolute atomic E-state index is 0.351. The fourth-order valence-corrected chi connectivity index (χ4v) is 5.58. The van der Waals surface area contributed by atoms with Gasteiger partial charge in [0.2, 0.25) is 5.95 Å². The number of imide groups is 1. The third-order valence-corrected chi connectivity index (χ3v) is 7.71. The number of carbonyl (C=O) groups excluding carboxylic acids is 2. The van der Waals surface area contributed by atoms with Gasteiger partial charge < -0.3 is 10.2 Å². The van der Waals surface area contributed by atoms with Crippen molar-refractivity contribution in [2.24, 2.45) is 5.92 Å². The summed E-state index contributed by atoms with van der Waals surface area (Å²) in [6.07, 6.45) is 5.49. The standard InChI is InChI=1S/C25H25N5O2S2/c31-23-22(34-25(32)29-23)14-20-6-9-27-24(28-20)30-10-7-17(8-11-30)15-26-16-18-3-1-4-19(13-18)21-5-2-12-33-21/h1-6,9,12-14,17,26H,7-8,10-11,15-16H2,(H,29,31,32)/b22-14-. The summed E-state index contributed by atoms with van der Waals surface area (Å²) in [4.78, 5) is 36.0. The highest BCUT2D eigenvalue weighted by molar-refractivity contribution is 8.18. The normalized spacial score (nSPS) is 18.0. The Morgan fingerprint density at radius 3 is 2.79 bits per heavy atom. The van der Waals surface area contributed by atoms with E-state index in [-0.39, 0.29) is 11.1 Å². The van der Waals surface area contributed by atoms with Gasteiger partial charge in [0.15, 0.2) is 0 Å². The molecule has 2 N–H and O–H groups in total. The van der Waals surface area contributed by atoms with E-state index in [0.717, 1.165) is 50.8 Å². The summed E-state index contributed by atoms with van der Waals surface area (Å²) < 4.78 is 0. The summed E-state index contributed by atoms with van der Waals surface area (Å²) in [6.45, 7) is 3.65. The van der Waals surface area contributed by atoms with Crippen molar-refractivity contribution >= 4 is 46.3 Å². The Balaban J connectivity index is 1.11. The maximum Gasteiger partial charge on any atom is 0.290 e. The number of piperidine rings is 1. The minimum Gasteiger partial charge on any atom is -0.341 e. The van der Waals surface area contributed by atoms with E-state index in [9.17, 15) is 9.59 Å². The van der Waals surface area contributed by atoms with Gasteiger partial charge in [0.05, 0.1) is 10.6 Å². The Kier molecular flexibility index (Phi) is 7.03. The lowest BCUT2D eigenvalue weighted by molar-refractivity contribution is -0.115. The molecular formula is C25H25N5O2S2. The number of thioether (sulfide) groups is 1. The van der Waals surface area contributed by atoms with Crippen LogP contribution in [0.4, 0.5) is 10.7 Å². The quantitative estimate of drug-likeness (QED) is 0.469. The second kappa shape index (κ2) is 10.5. The van der Waals surface area contributed by atoms with Crippen molar-refractivity contribution in [3.63, 3.8) is 0 Å². The first-order chi connectivity index (χ1) is 16.6. The first-order valence-corrected chi connectivity index (χ1v) is 13.0. The summed E-state index contributed by atoms with van der Waals surface area (Å²) in [5.41, 5.74) is 3.21. The van der Waals surface area contributed by atoms with Crippen LogP contribution in [-0.2, 0) is 11.3 Å². The van der Waals surface area contributed by atoms with Crippen LogP contribution < -0.4 is 15.5 Å². The highest BCUT2D eigenvalue weighted by Gasteiger charge is 2.25. The van der Waals surface area contributed by atoms with Crippen LogP contribution in [0.3, 0.4) is 0 Å². The van der Waals surface area contributed by atoms with Crippen LogP contribution in [0, 0.1) is 5.92 Å². The van der Waals surface area contributed by atoms with Crippen LogP contribution in [0.5, 0.6) is 0 Å². The van der Waals surface area contributed by atoms with Gasteiger partial charge in [0, 0.05) is 30.7 Å². The molecule has 4 heterocycles. The summed E-state index contributed by atoms with van der Waals surface area (Å²) in [7, 11) is 0. The number of aromatic nitrogens is 2. The molecule has 7 nitrogen and oxygen atoms in total. The summed E-state index contributed by atoms with van der Waals surface area (Å²) in [5, 5.41) is 7.66. The first-order valence-electron chi connectivity index (χ1n) is 11.3. The fourth-order valence-electron chi connectivity index (χ4n) is 4.19. The molecule has 1 aromatic carbocycles. The number of thiophene rings is 1. The van der Waals surface area contributed by atoms with Gasteiger partial charge in [-0.2, -0.15) is 0 Å². The van der Waals surface area contributed by atoms with Crippen molar-refractivity contribution in [2.45, 2.75) is 19.4 Å². The zero-order chi connectivity index (χ0) is 23.3. The summed E-state index contributed by atoms with van der Waals surface area (Å²) in [6, 6.07) is 14.7. The summed E-state index contributed by atoms with van der Waals surface area (Å²) >= 11 is 2.66. The van der Waals surface area contributed by atoms with Crippen LogP contribution in [0.25, 0.3) is 16.5 Å². The van der Waals surface area contributed by atoms with Crippen LogP contribution in [0.1, 0.15) is 24.1 Å². The molecule has 0 bridgehead atoms. The largest absolute Gasteiger partial charge is 0.341 e. The smallest absolute Gasteiger partial charge is 0.290 e. The minimum atomic E-state index is -0.373. The molecule has 2 fully saturated rings. The highest BCUT2D eigenvalue weighted by atomic mass is 32.2. The SMILES string of the molecule is O=C1NC(=O)/C(=C/c2ccnc(N3CCC(CNCc4cccc(-c5cccs5)c4)CC3)n2)S1. The number of nitrogens with zero attached hydrogens (tertiary/aromatic N) is 3. The number of nitrogens with one attached hydrogen (secondary N) is 2. The van der Waals surface area contributed by atoms with Crippen LogP contribution >= 0.6 is 23.1 Å². The molecular weight excluding hydrogens is 466 g/mol. The predicted octanol–water partition coefficient (Wildman–Crippen LogP) is 4.54. The molecule has 2 aliphatic heterocycles. The van der Waals surface area contributed by atoms with Crippen molar-refractivity contribution in [2.75, 3.05) is 24.5 Å². The van der Waals surface area contributed by atoms with E-state index in [1.54, 1.807) is 29.7 Å². The molecule has 0 atom stereocenters. The van der Waals surface area contributed by atoms with Crippen molar-refractivity contribution in [3.05, 3.63) is 70.2 Å². The lowest BCUT2D eigenvalue weighted by atomic mass is 9.97. The maximum absolute atomic E-state index is 11.8. The van der Waals surface area contributed by atoms with Gasteiger partial charge in [-0.25, -0.2) is 9.97 Å². The summed E-state index contributed by atoms with van der Waals surface area (Å²) in [5.74, 6) is 0.911. The molecule has 2 aliphatic rings. The molecule has 9 heteroatoms. The van der Waals surface area contributed by atoms with Gasteiger partial charge in [-0.3, -0.25) is 14.9 Å². The van der Waals surface area contributed by atoms with Gasteiger partial charge in [-0.05, 0) is 77.8 Å². The van der Waals surface area contributed by atoms with E-state index in [2.05, 4.69) is 67.3 Å². The molecule has 2 aromatic heterocycles. The zero-order valence-corrected chi connectivity index (χ0v) is 20.2. The van der Waals surface area contributed by atoms with Gasteiger partial charge >= 0.3 is 0 Å². The molecule has 0 aliphatic carbocycles. The number of benzene rings is 1. The van der Waals surface area contributed by atoms with Gasteiger partial charge in [-0.15, -0.1) is 11.3 Å². The Hall–Kier alpha value is -3.01. The molecule has 0 spiro atoms. The Labute approximate surface area is 206 Å². The average Bonchev–Trinajstić information content (AvgIpc) is 3.50. The molecule has 0 saturated carbocycles. The Morgan fingerprint density at radius 1 is 1.15 bits per heavy atom. The maximum atomic E-state index is 11.8. The molecule has 5 rings (SSSR count). The van der Waals surface area contributed by atoms with Crippen LogP contribution in [0.15, 0.2) is 58.9 Å². The number of hydrogen-bond acceptors (Lipinski definition) is 8. The van der Waals surface area contributed by atoms with Gasteiger partial charge in [0.1, 0.15) is 0 Å². The molecule has 0 unspecified atom stereocenters. The third-order valence-electron chi connectivity index (χ3n) is 5.98. The molecule has 3 aromatic rings. The van der Waals surface area contributed by atoms with Crippen molar-refractivity contribution in [3.8, 4) is 10.4 Å². The van der Waals surface area contributed by atoms with Crippen molar-refractivity contribution in [1.82, 2.24) is 20.6 Å². The van der Waals surface area contributed by atoms with Crippen LogP contribution in [-0.4, -0.2) is 40.7 Å². The second-order valence-corrected chi connectivity index (χ2v) is 10.3. The fraction of sp³-hybridized carbons (Fsp3) is 0.280. The lowest BCUT2D eigenvalue weighted by Gasteiger charge is -2.32. The van der Waals surface area contributed by atoms with Gasteiger partial charge in [-0.1, -0.05) is 24.3 Å². The van der Waals surface area contributed by atoms with E-state index in [4.69, 9.17) is 0 Å². The molecule has 174 valence electrons. The number of hydrogen-bond donors (Lipinski definition) is 2. The predicted molar refractivity (Wildman–Crippen MR) is 138 cm³/mol. The highest BCUT2D eigenvalue weighted by Crippen LogP contribution is 2.27. The van der Waals surface area contributed by atoms with E-state index in [0.29, 0.717) is 22.5 Å². The van der Waals surface area contributed by atoms with E-state index >= 15 is 0 Å². The van der Waals surface area contributed by atoms with E-state index in [1.165, 1.54) is 16.0 Å². The number of rotatable bonds is 7. The average molecular weight is 492 g/mol. The van der Waals surface area contributed by atoms with E-state index in [1.807, 2.05) is 0 Å². The van der Waals surface area contributed by atoms with Gasteiger partial charge in [0.25, 0.3) is 11.1 Å². The molecule has 2 amide bonds. The zero-order valence-electron chi connectivity index (χ0n) is 18.6. The monoisotopic (exact) mass is 491 g/mol. The third kappa shape index (κ3) is 5.55. The van der Waals surface area contributed by atoms with Crippen LogP contribution in [0.2, 0.25) is 0 Å². The molecule has 0 radical (unpaired) electrons. The van der Waals surface area contributed by atoms with E-state index < -0.39 is 0 Å². The molecule has 2 saturated heterocycles.